The van der Waals surface area contributed by atoms with Crippen LogP contribution in [0.3, 0.4) is 0 Å². The Bertz CT molecular complexity index is 923. The fraction of sp³-hybridized carbons (Fsp3) is 0.286. The molecule has 10 heteroatoms. The van der Waals surface area contributed by atoms with Crippen LogP contribution in [0.15, 0.2) is 39.3 Å². The van der Waals surface area contributed by atoms with E-state index in [1.54, 1.807) is 18.4 Å². The van der Waals surface area contributed by atoms with Gasteiger partial charge in [-0.3, -0.25) is 10.1 Å². The lowest BCUT2D eigenvalue weighted by Gasteiger charge is -2.20. The summed E-state index contributed by atoms with van der Waals surface area (Å²) in [5, 5.41) is 18.8. The van der Waals surface area contributed by atoms with Crippen molar-refractivity contribution in [2.75, 3.05) is 5.32 Å². The lowest BCUT2D eigenvalue weighted by Crippen LogP contribution is -2.26. The van der Waals surface area contributed by atoms with Crippen LogP contribution < -0.4 is 15.8 Å². The Labute approximate surface area is 142 Å². The molecule has 0 amide bonds. The molecule has 2 aromatic rings. The molecular weight excluding hydrogens is 348 g/mol. The smallest absolute Gasteiger partial charge is 0.247 e. The molecule has 2 aliphatic rings. The molecule has 1 saturated carbocycles. The van der Waals surface area contributed by atoms with Gasteiger partial charge in [-0.1, -0.05) is 0 Å². The van der Waals surface area contributed by atoms with E-state index in [0.717, 1.165) is 33.5 Å². The lowest BCUT2D eigenvalue weighted by atomic mass is 10.3. The van der Waals surface area contributed by atoms with Gasteiger partial charge < -0.3 is 10.6 Å². The number of sulfonamides is 1. The summed E-state index contributed by atoms with van der Waals surface area (Å²) in [6.07, 6.45) is 5.54. The predicted molar refractivity (Wildman–Crippen MR) is 92.3 cm³/mol. The van der Waals surface area contributed by atoms with Crippen LogP contribution in [-0.4, -0.2) is 24.8 Å². The number of nitrogens with two attached hydrogens (primary N) is 1. The summed E-state index contributed by atoms with van der Waals surface area (Å²) >= 11 is 1.10. The van der Waals surface area contributed by atoms with Crippen molar-refractivity contribution >= 4 is 33.4 Å². The second-order valence-electron chi connectivity index (χ2n) is 5.73. The van der Waals surface area contributed by atoms with Gasteiger partial charge in [-0.2, -0.15) is 5.10 Å². The van der Waals surface area contributed by atoms with E-state index < -0.39 is 10.0 Å². The average Bonchev–Trinajstić information content (AvgIpc) is 3.08. The number of rotatable bonds is 5. The summed E-state index contributed by atoms with van der Waals surface area (Å²) in [6.45, 7) is 0. The highest BCUT2D eigenvalue weighted by Gasteiger charge is 2.26. The van der Waals surface area contributed by atoms with Gasteiger partial charge in [0.25, 0.3) is 0 Å². The molecule has 2 aromatic heterocycles. The van der Waals surface area contributed by atoms with Crippen LogP contribution in [0.2, 0.25) is 0 Å². The van der Waals surface area contributed by atoms with Gasteiger partial charge in [0.2, 0.25) is 10.0 Å². The number of anilines is 1. The summed E-state index contributed by atoms with van der Waals surface area (Å²) in [6, 6.07) is 5.21. The summed E-state index contributed by atoms with van der Waals surface area (Å²) < 4.78 is 22.9. The maximum absolute atomic E-state index is 11.4. The fourth-order valence-electron chi connectivity index (χ4n) is 2.44. The Morgan fingerprint density at radius 1 is 1.33 bits per heavy atom. The molecule has 1 fully saturated rings. The maximum Gasteiger partial charge on any atom is 0.247 e. The number of hydrogen-bond donors (Lipinski definition) is 4. The van der Waals surface area contributed by atoms with Crippen LogP contribution in [0.1, 0.15) is 35.5 Å². The van der Waals surface area contributed by atoms with Crippen molar-refractivity contribution < 1.29 is 8.42 Å². The number of aromatic nitrogens is 2. The molecule has 4 rings (SSSR count). The van der Waals surface area contributed by atoms with Gasteiger partial charge >= 0.3 is 0 Å². The van der Waals surface area contributed by atoms with E-state index >= 15 is 0 Å². The van der Waals surface area contributed by atoms with Crippen LogP contribution in [-0.2, 0) is 10.0 Å². The molecule has 0 spiro atoms. The summed E-state index contributed by atoms with van der Waals surface area (Å²) in [7, 11) is -3.69. The quantitative estimate of drug-likeness (QED) is 0.641. The number of aromatic amines is 1. The monoisotopic (exact) mass is 364 g/mol. The number of thiophene rings is 1. The van der Waals surface area contributed by atoms with Gasteiger partial charge in [-0.05, 0) is 31.1 Å². The van der Waals surface area contributed by atoms with E-state index in [2.05, 4.69) is 25.8 Å². The highest BCUT2D eigenvalue weighted by atomic mass is 32.2. The van der Waals surface area contributed by atoms with E-state index in [0.29, 0.717) is 5.92 Å². The van der Waals surface area contributed by atoms with Gasteiger partial charge in [-0.15, -0.1) is 11.3 Å². The number of primary sulfonamides is 1. The third-order valence-electron chi connectivity index (χ3n) is 3.80. The normalized spacial score (nSPS) is 20.5. The third kappa shape index (κ3) is 3.21. The first-order valence-corrected chi connectivity index (χ1v) is 9.80. The Balaban J connectivity index is 1.46. The number of aliphatic imine (C=N–C) groups is 1. The van der Waals surface area contributed by atoms with Crippen molar-refractivity contribution in [3.05, 3.63) is 40.7 Å². The van der Waals surface area contributed by atoms with Gasteiger partial charge in [-0.25, -0.2) is 13.6 Å². The van der Waals surface area contributed by atoms with Crippen LogP contribution in [0.4, 0.5) is 5.82 Å². The van der Waals surface area contributed by atoms with Crippen molar-refractivity contribution in [2.45, 2.75) is 29.1 Å². The van der Waals surface area contributed by atoms with E-state index in [4.69, 9.17) is 5.14 Å². The van der Waals surface area contributed by atoms with Gasteiger partial charge in [0.15, 0.2) is 12.0 Å². The van der Waals surface area contributed by atoms with Crippen molar-refractivity contribution in [1.29, 1.82) is 0 Å². The van der Waals surface area contributed by atoms with E-state index in [-0.39, 0.29) is 10.4 Å². The summed E-state index contributed by atoms with van der Waals surface area (Å²) in [5.41, 5.74) is 1.15. The molecule has 1 atom stereocenters. The first-order chi connectivity index (χ1) is 11.5. The van der Waals surface area contributed by atoms with Gasteiger partial charge in [0, 0.05) is 23.9 Å². The Hall–Kier alpha value is -2.17. The highest BCUT2D eigenvalue weighted by Crippen LogP contribution is 2.39. The molecule has 1 aliphatic carbocycles. The maximum atomic E-state index is 11.4. The Morgan fingerprint density at radius 2 is 2.17 bits per heavy atom. The van der Waals surface area contributed by atoms with E-state index in [9.17, 15) is 8.42 Å². The molecule has 0 aromatic carbocycles. The molecule has 8 nitrogen and oxygen atoms in total. The number of nitrogens with one attached hydrogen (secondary N) is 3. The SMILES string of the molecule is NS(=O)(=O)c1ccc(C2N=CC=C(Nc3cc(C4CC4)[nH]n3)N2)s1. The molecular formula is C14H16N6O2S2. The van der Waals surface area contributed by atoms with Crippen molar-refractivity contribution in [3.63, 3.8) is 0 Å². The Kier molecular flexibility index (Phi) is 3.66. The van der Waals surface area contributed by atoms with Crippen molar-refractivity contribution in [2.24, 2.45) is 10.1 Å². The van der Waals surface area contributed by atoms with E-state index in [1.807, 2.05) is 6.07 Å². The van der Waals surface area contributed by atoms with Crippen molar-refractivity contribution in [3.8, 4) is 0 Å². The number of H-pyrrole nitrogens is 1. The van der Waals surface area contributed by atoms with Crippen LogP contribution in [0.5, 0.6) is 0 Å². The minimum atomic E-state index is -3.69. The molecule has 0 bridgehead atoms. The highest BCUT2D eigenvalue weighted by molar-refractivity contribution is 7.91. The lowest BCUT2D eigenvalue weighted by molar-refractivity contribution is 0.600. The first kappa shape index (κ1) is 15.4. The number of allylic oxidation sites excluding steroid dienone is 1. The minimum absolute atomic E-state index is 0.125. The van der Waals surface area contributed by atoms with Crippen LogP contribution >= 0.6 is 11.3 Å². The molecule has 1 aliphatic heterocycles. The van der Waals surface area contributed by atoms with Gasteiger partial charge in [0.05, 0.1) is 4.88 Å². The zero-order chi connectivity index (χ0) is 16.7. The predicted octanol–water partition coefficient (Wildman–Crippen LogP) is 1.62. The largest absolute Gasteiger partial charge is 0.346 e. The second kappa shape index (κ2) is 5.72. The number of nitrogens with zero attached hydrogens (tertiary/aromatic N) is 2. The fourth-order valence-corrected chi connectivity index (χ4v) is 4.18. The standard InChI is InChI=1S/C14H16N6O2S2/c15-24(21,22)13-4-3-10(23-13)14-16-6-5-11(18-14)17-12-7-9(19-20-12)8-1-2-8/h3-8,14,18H,1-2H2,(H2,15,21,22)(H2,17,19,20). The molecule has 3 heterocycles. The minimum Gasteiger partial charge on any atom is -0.346 e. The Morgan fingerprint density at radius 3 is 2.88 bits per heavy atom. The number of hydrogen-bond acceptors (Lipinski definition) is 7. The molecule has 5 N–H and O–H groups in total. The van der Waals surface area contributed by atoms with Crippen molar-refractivity contribution in [1.82, 2.24) is 15.5 Å². The topological polar surface area (TPSA) is 125 Å². The van der Waals surface area contributed by atoms with E-state index in [1.165, 1.54) is 18.9 Å². The van der Waals surface area contributed by atoms with Crippen LogP contribution in [0.25, 0.3) is 0 Å². The molecule has 126 valence electrons. The zero-order valence-corrected chi connectivity index (χ0v) is 14.2. The molecule has 0 radical (unpaired) electrons. The zero-order valence-electron chi connectivity index (χ0n) is 12.6. The molecule has 0 saturated heterocycles. The second-order valence-corrected chi connectivity index (χ2v) is 8.64. The molecule has 24 heavy (non-hydrogen) atoms. The van der Waals surface area contributed by atoms with Crippen LogP contribution in [0, 0.1) is 0 Å². The first-order valence-electron chi connectivity index (χ1n) is 7.44. The summed E-state index contributed by atoms with van der Waals surface area (Å²) in [4.78, 5) is 5.09. The molecule has 1 unspecified atom stereocenters. The third-order valence-corrected chi connectivity index (χ3v) is 6.37. The van der Waals surface area contributed by atoms with Gasteiger partial charge in [0.1, 0.15) is 10.0 Å². The summed E-state index contributed by atoms with van der Waals surface area (Å²) in [5.74, 6) is 2.09. The average molecular weight is 364 g/mol.